The fraction of sp³-hybridized carbons (Fsp3) is 0.484. The zero-order valence-electron chi connectivity index (χ0n) is 24.7. The number of allylic oxidation sites excluding steroid dienone is 1. The molecule has 11 heteroatoms. The lowest BCUT2D eigenvalue weighted by molar-refractivity contribution is -0.123. The Bertz CT molecular complexity index is 1440. The third-order valence-electron chi connectivity index (χ3n) is 7.45. The average molecular weight is 593 g/mol. The Labute approximate surface area is 250 Å². The number of thiazole rings is 1. The molecule has 0 spiro atoms. The molecule has 0 saturated heterocycles. The first kappa shape index (κ1) is 29.6. The van der Waals surface area contributed by atoms with Crippen LogP contribution >= 0.6 is 11.3 Å². The Hall–Kier alpha value is -3.86. The van der Waals surface area contributed by atoms with Crippen LogP contribution in [0.15, 0.2) is 41.8 Å². The van der Waals surface area contributed by atoms with Gasteiger partial charge in [-0.1, -0.05) is 12.2 Å². The van der Waals surface area contributed by atoms with Crippen LogP contribution in [-0.4, -0.2) is 72.2 Å². The molecule has 2 aliphatic rings. The van der Waals surface area contributed by atoms with Crippen molar-refractivity contribution in [2.45, 2.75) is 64.1 Å². The number of rotatable bonds is 8. The van der Waals surface area contributed by atoms with Crippen LogP contribution in [0.3, 0.4) is 0 Å². The molecule has 1 aliphatic carbocycles. The fourth-order valence-electron chi connectivity index (χ4n) is 4.93. The van der Waals surface area contributed by atoms with Gasteiger partial charge in [0.1, 0.15) is 23.2 Å². The van der Waals surface area contributed by atoms with E-state index < -0.39 is 6.04 Å². The number of hydrogen-bond donors (Lipinski definition) is 3. The summed E-state index contributed by atoms with van der Waals surface area (Å²) in [5, 5.41) is 13.0. The summed E-state index contributed by atoms with van der Waals surface area (Å²) >= 11 is 1.52. The van der Waals surface area contributed by atoms with Crippen LogP contribution in [0.5, 0.6) is 11.5 Å². The van der Waals surface area contributed by atoms with Crippen molar-refractivity contribution in [1.82, 2.24) is 25.5 Å². The predicted octanol–water partition coefficient (Wildman–Crippen LogP) is 5.21. The second-order valence-electron chi connectivity index (χ2n) is 11.2. The summed E-state index contributed by atoms with van der Waals surface area (Å²) in [6, 6.07) is 6.93. The number of anilines is 1. The molecule has 42 heavy (non-hydrogen) atoms. The molecule has 1 aromatic carbocycles. The molecule has 1 saturated carbocycles. The van der Waals surface area contributed by atoms with Crippen LogP contribution in [-0.2, 0) is 4.79 Å². The monoisotopic (exact) mass is 592 g/mol. The van der Waals surface area contributed by atoms with Gasteiger partial charge in [-0.25, -0.2) is 14.8 Å². The van der Waals surface area contributed by atoms with Gasteiger partial charge in [-0.05, 0) is 57.6 Å². The molecule has 1 aliphatic heterocycles. The van der Waals surface area contributed by atoms with Gasteiger partial charge < -0.3 is 30.3 Å². The minimum Gasteiger partial charge on any atom is -0.497 e. The summed E-state index contributed by atoms with van der Waals surface area (Å²) in [6.07, 6.45) is 8.58. The first-order valence-electron chi connectivity index (χ1n) is 14.6. The summed E-state index contributed by atoms with van der Waals surface area (Å²) in [6.45, 7) is 4.99. The van der Waals surface area contributed by atoms with Gasteiger partial charge in [-0.2, -0.15) is 0 Å². The number of ether oxygens (including phenoxy) is 2. The highest BCUT2D eigenvalue weighted by Crippen LogP contribution is 2.34. The summed E-state index contributed by atoms with van der Waals surface area (Å²) in [5.41, 5.74) is 2.13. The number of carbonyl (C=O) groups excluding carboxylic acids is 2. The number of urea groups is 1. The number of carbonyl (C=O) groups is 2. The van der Waals surface area contributed by atoms with Crippen LogP contribution < -0.4 is 25.4 Å². The smallest absolute Gasteiger partial charge is 0.317 e. The third kappa shape index (κ3) is 7.50. The number of aromatic nitrogens is 2. The molecule has 0 bridgehead atoms. The number of methoxy groups -OCH3 is 1. The number of pyridine rings is 1. The van der Waals surface area contributed by atoms with Crippen LogP contribution in [0.4, 0.5) is 9.93 Å². The Morgan fingerprint density at radius 1 is 1.14 bits per heavy atom. The van der Waals surface area contributed by atoms with Crippen molar-refractivity contribution in [3.63, 3.8) is 0 Å². The highest BCUT2D eigenvalue weighted by atomic mass is 32.1. The summed E-state index contributed by atoms with van der Waals surface area (Å²) in [4.78, 5) is 37.4. The van der Waals surface area contributed by atoms with Crippen molar-refractivity contribution in [3.8, 4) is 22.9 Å². The number of nitrogens with one attached hydrogen (secondary N) is 3. The van der Waals surface area contributed by atoms with Crippen molar-refractivity contribution in [2.24, 2.45) is 5.92 Å². The minimum atomic E-state index is -0.719. The summed E-state index contributed by atoms with van der Waals surface area (Å²) < 4.78 is 11.7. The Kier molecular flexibility index (Phi) is 9.46. The quantitative estimate of drug-likeness (QED) is 0.307. The van der Waals surface area contributed by atoms with E-state index in [-0.39, 0.29) is 30.6 Å². The van der Waals surface area contributed by atoms with E-state index in [1.165, 1.54) is 11.3 Å². The molecule has 2 unspecified atom stereocenters. The normalized spacial score (nSPS) is 22.1. The highest BCUT2D eigenvalue weighted by molar-refractivity contribution is 7.14. The number of hydrogen-bond acceptors (Lipinski definition) is 8. The standard InChI is InChI=1S/C31H40N6O4S/c1-19(2)32-30-35-27(18-42-30)26-17-28(22-11-10-21(40-4)16-25(22)33-26)41-14-12-23-29(38)34-24-15-20(24)9-7-5-6-8-13-37(3)31(39)36-23/h7,9-11,16-20,23-24H,5-6,8,12-15H2,1-4H3,(H,32,35)(H,34,38)(H,36,39)/b9-7-/t20-,23?,24?/m1/s1. The zero-order chi connectivity index (χ0) is 29.6. The number of fused-ring (bicyclic) bond motifs is 2. The van der Waals surface area contributed by atoms with Gasteiger partial charge in [-0.3, -0.25) is 4.79 Å². The number of nitrogens with zero attached hydrogens (tertiary/aromatic N) is 3. The molecule has 5 rings (SSSR count). The van der Waals surface area contributed by atoms with E-state index in [2.05, 4.69) is 41.9 Å². The van der Waals surface area contributed by atoms with E-state index >= 15 is 0 Å². The van der Waals surface area contributed by atoms with Gasteiger partial charge in [0.05, 0.1) is 24.9 Å². The first-order chi connectivity index (χ1) is 20.3. The predicted molar refractivity (Wildman–Crippen MR) is 166 cm³/mol. The second kappa shape index (κ2) is 13.4. The van der Waals surface area contributed by atoms with Crippen molar-refractivity contribution in [2.75, 3.05) is 32.6 Å². The number of benzene rings is 1. The summed E-state index contributed by atoms with van der Waals surface area (Å²) in [7, 11) is 3.38. The maximum atomic E-state index is 13.3. The van der Waals surface area contributed by atoms with Gasteiger partial charge in [0.15, 0.2) is 5.13 Å². The Morgan fingerprint density at radius 3 is 2.81 bits per heavy atom. The average Bonchev–Trinajstić information content (AvgIpc) is 3.53. The molecule has 0 radical (unpaired) electrons. The topological polar surface area (TPSA) is 118 Å². The van der Waals surface area contributed by atoms with E-state index in [1.54, 1.807) is 19.1 Å². The van der Waals surface area contributed by atoms with Crippen LogP contribution in [0, 0.1) is 5.92 Å². The Balaban J connectivity index is 1.35. The van der Waals surface area contributed by atoms with Gasteiger partial charge >= 0.3 is 6.03 Å². The zero-order valence-corrected chi connectivity index (χ0v) is 25.5. The van der Waals surface area contributed by atoms with E-state index in [1.807, 2.05) is 29.6 Å². The fourth-order valence-corrected chi connectivity index (χ4v) is 5.79. The molecule has 2 aromatic heterocycles. The highest BCUT2D eigenvalue weighted by Gasteiger charge is 2.37. The lowest BCUT2D eigenvalue weighted by Gasteiger charge is -2.24. The molecule has 3 atom stereocenters. The van der Waals surface area contributed by atoms with Crippen LogP contribution in [0.2, 0.25) is 0 Å². The molecule has 3 N–H and O–H groups in total. The minimum absolute atomic E-state index is 0.115. The molecule has 3 heterocycles. The molecular weight excluding hydrogens is 552 g/mol. The Morgan fingerprint density at radius 2 is 2.00 bits per heavy atom. The van der Waals surface area contributed by atoms with Crippen molar-refractivity contribution in [3.05, 3.63) is 41.8 Å². The van der Waals surface area contributed by atoms with Crippen molar-refractivity contribution >= 4 is 39.3 Å². The second-order valence-corrected chi connectivity index (χ2v) is 12.1. The lowest BCUT2D eigenvalue weighted by Crippen LogP contribution is -2.51. The van der Waals surface area contributed by atoms with Gasteiger partial charge in [-0.15, -0.1) is 11.3 Å². The number of amides is 3. The molecule has 10 nitrogen and oxygen atoms in total. The van der Waals surface area contributed by atoms with Gasteiger partial charge in [0, 0.05) is 55.0 Å². The molecule has 3 aromatic rings. The van der Waals surface area contributed by atoms with Gasteiger partial charge in [0.2, 0.25) is 5.91 Å². The van der Waals surface area contributed by atoms with Crippen molar-refractivity contribution < 1.29 is 19.1 Å². The lowest BCUT2D eigenvalue weighted by atomic mass is 10.1. The van der Waals surface area contributed by atoms with Crippen LogP contribution in [0.1, 0.15) is 46.0 Å². The third-order valence-corrected chi connectivity index (χ3v) is 8.22. The molecule has 1 fully saturated rings. The van der Waals surface area contributed by atoms with Crippen LogP contribution in [0.25, 0.3) is 22.3 Å². The molecule has 224 valence electrons. The van der Waals surface area contributed by atoms with E-state index in [0.717, 1.165) is 41.9 Å². The van der Waals surface area contributed by atoms with Gasteiger partial charge in [0.25, 0.3) is 0 Å². The largest absolute Gasteiger partial charge is 0.497 e. The van der Waals surface area contributed by atoms with E-state index in [0.29, 0.717) is 41.6 Å². The maximum absolute atomic E-state index is 13.3. The SMILES string of the molecule is COc1ccc2c(OCCC3NC(=O)N(C)CCCC/C=C\[C@@H]4CC4NC3=O)cc(-c3csc(NC(C)C)n3)nc2c1. The summed E-state index contributed by atoms with van der Waals surface area (Å²) in [5.74, 6) is 1.50. The maximum Gasteiger partial charge on any atom is 0.317 e. The molecular formula is C31H40N6O4S. The van der Waals surface area contributed by atoms with Crippen molar-refractivity contribution in [1.29, 1.82) is 0 Å². The van der Waals surface area contributed by atoms with E-state index in [9.17, 15) is 9.59 Å². The van der Waals surface area contributed by atoms with E-state index in [4.69, 9.17) is 19.4 Å². The first-order valence-corrected chi connectivity index (χ1v) is 15.5. The molecule has 3 amide bonds.